The van der Waals surface area contributed by atoms with E-state index < -0.39 is 23.3 Å². The molecule has 0 heterocycles. The van der Waals surface area contributed by atoms with Crippen molar-refractivity contribution in [1.29, 1.82) is 5.26 Å². The van der Waals surface area contributed by atoms with E-state index in [-0.39, 0.29) is 17.5 Å². The highest BCUT2D eigenvalue weighted by molar-refractivity contribution is 9.08. The van der Waals surface area contributed by atoms with Gasteiger partial charge in [-0.1, -0.05) is 15.9 Å². The highest BCUT2D eigenvalue weighted by Gasteiger charge is 2.36. The van der Waals surface area contributed by atoms with Crippen LogP contribution in [0.1, 0.15) is 34.0 Å². The first-order valence-corrected chi connectivity index (χ1v) is 6.34. The van der Waals surface area contributed by atoms with Crippen LogP contribution in [0.5, 0.6) is 0 Å². The number of ether oxygens (including phenoxy) is 1. The van der Waals surface area contributed by atoms with E-state index in [0.717, 1.165) is 6.07 Å². The number of esters is 1. The summed E-state index contributed by atoms with van der Waals surface area (Å²) in [5, 5.41) is 8.99. The third-order valence-electron chi connectivity index (χ3n) is 2.31. The average Bonchev–Trinajstić information content (AvgIpc) is 2.36. The normalized spacial score (nSPS) is 10.9. The molecule has 19 heavy (non-hydrogen) atoms. The summed E-state index contributed by atoms with van der Waals surface area (Å²) in [5.41, 5.74) is -1.56. The second kappa shape index (κ2) is 6.06. The Bertz CT molecular complexity index is 535. The number of rotatable bonds is 3. The molecule has 1 aromatic carbocycles. The van der Waals surface area contributed by atoms with Crippen LogP contribution in [0.15, 0.2) is 12.1 Å². The SMILES string of the molecule is CCOC(=O)c1cc(CBr)c(C#N)cc1C(F)(F)F. The fraction of sp³-hybridized carbons (Fsp3) is 0.333. The number of alkyl halides is 4. The molecule has 0 unspecified atom stereocenters. The van der Waals surface area contributed by atoms with Gasteiger partial charge in [-0.2, -0.15) is 18.4 Å². The van der Waals surface area contributed by atoms with Crippen molar-refractivity contribution >= 4 is 21.9 Å². The minimum Gasteiger partial charge on any atom is -0.462 e. The molecule has 0 atom stereocenters. The van der Waals surface area contributed by atoms with Gasteiger partial charge in [-0.15, -0.1) is 0 Å². The highest BCUT2D eigenvalue weighted by atomic mass is 79.9. The first-order valence-electron chi connectivity index (χ1n) is 5.22. The lowest BCUT2D eigenvalue weighted by Gasteiger charge is -2.14. The Hall–Kier alpha value is -1.55. The van der Waals surface area contributed by atoms with Crippen LogP contribution < -0.4 is 0 Å². The standard InChI is InChI=1S/C12H9BrF3NO2/c1-2-19-11(18)9-3-7(5-13)8(6-17)4-10(9)12(14,15)16/h3-4H,2,5H2,1H3. The Morgan fingerprint density at radius 1 is 1.47 bits per heavy atom. The third-order valence-corrected chi connectivity index (χ3v) is 2.91. The van der Waals surface area contributed by atoms with E-state index in [9.17, 15) is 18.0 Å². The average molecular weight is 336 g/mol. The first kappa shape index (κ1) is 15.5. The van der Waals surface area contributed by atoms with Crippen LogP contribution in [0.25, 0.3) is 0 Å². The van der Waals surface area contributed by atoms with Gasteiger partial charge in [-0.3, -0.25) is 0 Å². The summed E-state index contributed by atoms with van der Waals surface area (Å²) < 4.78 is 43.2. The van der Waals surface area contributed by atoms with Crippen molar-refractivity contribution < 1.29 is 22.7 Å². The molecule has 0 aliphatic heterocycles. The Kier molecular flexibility index (Phi) is 4.95. The van der Waals surface area contributed by atoms with Crippen molar-refractivity contribution in [2.45, 2.75) is 18.4 Å². The minimum absolute atomic E-state index is 0.0280. The summed E-state index contributed by atoms with van der Waals surface area (Å²) in [5.74, 6) is -1.05. The van der Waals surface area contributed by atoms with Crippen molar-refractivity contribution in [3.63, 3.8) is 0 Å². The van der Waals surface area contributed by atoms with Crippen LogP contribution in [-0.2, 0) is 16.2 Å². The predicted molar refractivity (Wildman–Crippen MR) is 64.7 cm³/mol. The lowest BCUT2D eigenvalue weighted by molar-refractivity contribution is -0.138. The number of nitrogens with zero attached hydrogens (tertiary/aromatic N) is 1. The minimum atomic E-state index is -4.72. The molecule has 0 saturated carbocycles. The summed E-state index contributed by atoms with van der Waals surface area (Å²) >= 11 is 3.06. The molecule has 0 aliphatic rings. The van der Waals surface area contributed by atoms with Crippen molar-refractivity contribution in [3.05, 3.63) is 34.4 Å². The van der Waals surface area contributed by atoms with Crippen molar-refractivity contribution in [1.82, 2.24) is 0 Å². The summed E-state index contributed by atoms with van der Waals surface area (Å²) in [6, 6.07) is 3.38. The van der Waals surface area contributed by atoms with Gasteiger partial charge in [0.1, 0.15) is 0 Å². The van der Waals surface area contributed by atoms with Gasteiger partial charge in [0.2, 0.25) is 0 Å². The number of nitriles is 1. The smallest absolute Gasteiger partial charge is 0.417 e. The lowest BCUT2D eigenvalue weighted by Crippen LogP contribution is -2.16. The van der Waals surface area contributed by atoms with E-state index in [1.807, 2.05) is 0 Å². The fourth-order valence-electron chi connectivity index (χ4n) is 1.47. The Morgan fingerprint density at radius 3 is 2.53 bits per heavy atom. The molecular weight excluding hydrogens is 327 g/mol. The number of carbonyl (C=O) groups excluding carboxylic acids is 1. The van der Waals surface area contributed by atoms with Gasteiger partial charge in [0, 0.05) is 5.33 Å². The van der Waals surface area contributed by atoms with Gasteiger partial charge in [0.05, 0.1) is 29.4 Å². The quantitative estimate of drug-likeness (QED) is 0.625. The highest BCUT2D eigenvalue weighted by Crippen LogP contribution is 2.34. The van der Waals surface area contributed by atoms with Crippen molar-refractivity contribution in [2.75, 3.05) is 6.61 Å². The molecule has 0 amide bonds. The number of hydrogen-bond acceptors (Lipinski definition) is 3. The molecule has 1 rings (SSSR count). The Balaban J connectivity index is 3.50. The zero-order valence-corrected chi connectivity index (χ0v) is 11.4. The van der Waals surface area contributed by atoms with Crippen LogP contribution in [-0.4, -0.2) is 12.6 Å². The molecule has 0 N–H and O–H groups in total. The van der Waals surface area contributed by atoms with E-state index in [1.165, 1.54) is 6.92 Å². The third kappa shape index (κ3) is 3.47. The topological polar surface area (TPSA) is 50.1 Å². The van der Waals surface area contributed by atoms with Crippen molar-refractivity contribution in [2.24, 2.45) is 0 Å². The van der Waals surface area contributed by atoms with E-state index in [4.69, 9.17) is 5.26 Å². The molecule has 0 spiro atoms. The van der Waals surface area contributed by atoms with Gasteiger partial charge in [0.15, 0.2) is 0 Å². The van der Waals surface area contributed by atoms with Gasteiger partial charge in [-0.25, -0.2) is 4.79 Å². The maximum Gasteiger partial charge on any atom is 0.417 e. The first-order chi connectivity index (χ1) is 8.85. The molecule has 0 radical (unpaired) electrons. The fourth-order valence-corrected chi connectivity index (χ4v) is 1.94. The largest absolute Gasteiger partial charge is 0.462 e. The molecule has 0 aliphatic carbocycles. The monoisotopic (exact) mass is 335 g/mol. The second-order valence-electron chi connectivity index (χ2n) is 3.52. The van der Waals surface area contributed by atoms with Crippen LogP contribution in [0.2, 0.25) is 0 Å². The molecule has 102 valence electrons. The molecule has 0 aromatic heterocycles. The van der Waals surface area contributed by atoms with Crippen LogP contribution in [0.4, 0.5) is 13.2 Å². The summed E-state index contributed by atoms with van der Waals surface area (Å²) in [7, 11) is 0. The molecule has 0 saturated heterocycles. The maximum absolute atomic E-state index is 12.9. The molecular formula is C12H9BrF3NO2. The number of hydrogen-bond donors (Lipinski definition) is 0. The van der Waals surface area contributed by atoms with E-state index in [0.29, 0.717) is 11.6 Å². The van der Waals surface area contributed by atoms with Crippen LogP contribution in [0.3, 0.4) is 0 Å². The van der Waals surface area contributed by atoms with Crippen LogP contribution in [0, 0.1) is 11.3 Å². The lowest BCUT2D eigenvalue weighted by atomic mass is 9.99. The van der Waals surface area contributed by atoms with E-state index in [1.54, 1.807) is 6.07 Å². The molecule has 0 bridgehead atoms. The van der Waals surface area contributed by atoms with Gasteiger partial charge in [0.25, 0.3) is 0 Å². The Labute approximate surface area is 116 Å². The van der Waals surface area contributed by atoms with Crippen molar-refractivity contribution in [3.8, 4) is 6.07 Å². The maximum atomic E-state index is 12.9. The van der Waals surface area contributed by atoms with Gasteiger partial charge in [-0.05, 0) is 24.6 Å². The second-order valence-corrected chi connectivity index (χ2v) is 4.08. The zero-order valence-electron chi connectivity index (χ0n) is 9.84. The molecule has 0 fully saturated rings. The number of halogens is 4. The summed E-state index contributed by atoms with van der Waals surface area (Å²) in [6.07, 6.45) is -4.72. The van der Waals surface area contributed by atoms with Gasteiger partial charge < -0.3 is 4.74 Å². The zero-order chi connectivity index (χ0) is 14.6. The molecule has 3 nitrogen and oxygen atoms in total. The van der Waals surface area contributed by atoms with E-state index >= 15 is 0 Å². The van der Waals surface area contributed by atoms with Gasteiger partial charge >= 0.3 is 12.1 Å². The molecule has 1 aromatic rings. The van der Waals surface area contributed by atoms with Crippen LogP contribution >= 0.6 is 15.9 Å². The molecule has 7 heteroatoms. The number of benzene rings is 1. The number of carbonyl (C=O) groups is 1. The summed E-state index contributed by atoms with van der Waals surface area (Å²) in [4.78, 5) is 11.6. The summed E-state index contributed by atoms with van der Waals surface area (Å²) in [6.45, 7) is 1.47. The predicted octanol–water partition coefficient (Wildman–Crippen LogP) is 3.65. The Morgan fingerprint density at radius 2 is 2.11 bits per heavy atom. The van der Waals surface area contributed by atoms with E-state index in [2.05, 4.69) is 20.7 Å².